The topological polar surface area (TPSA) is 83.6 Å². The monoisotopic (exact) mass is 181 g/mol. The normalized spacial score (nSPS) is 15.5. The predicted molar refractivity (Wildman–Crippen MR) is 44.3 cm³/mol. The molecule has 0 saturated heterocycles. The Morgan fingerprint density at radius 3 is 2.18 bits per heavy atom. The SMILES string of the molecule is CC(C)C(N)CCP(=O)(O)O. The van der Waals surface area contributed by atoms with Crippen molar-refractivity contribution >= 4 is 7.60 Å². The van der Waals surface area contributed by atoms with Crippen molar-refractivity contribution < 1.29 is 14.4 Å². The molecule has 5 heteroatoms. The highest BCUT2D eigenvalue weighted by molar-refractivity contribution is 7.51. The summed E-state index contributed by atoms with van der Waals surface area (Å²) in [5.41, 5.74) is 5.58. The van der Waals surface area contributed by atoms with Gasteiger partial charge in [-0.25, -0.2) is 0 Å². The second-order valence-corrected chi connectivity index (χ2v) is 4.86. The van der Waals surface area contributed by atoms with Gasteiger partial charge >= 0.3 is 7.60 Å². The third-order valence-corrected chi connectivity index (χ3v) is 2.45. The lowest BCUT2D eigenvalue weighted by atomic mass is 10.0. The zero-order chi connectivity index (χ0) is 9.07. The molecule has 1 atom stereocenters. The molecule has 0 aromatic rings. The highest BCUT2D eigenvalue weighted by atomic mass is 31.2. The first-order chi connectivity index (χ1) is 4.83. The maximum atomic E-state index is 10.4. The Balaban J connectivity index is 3.63. The van der Waals surface area contributed by atoms with Crippen LogP contribution in [-0.2, 0) is 4.57 Å². The smallest absolute Gasteiger partial charge is 0.325 e. The molecule has 4 N–H and O–H groups in total. The molecule has 4 nitrogen and oxygen atoms in total. The third-order valence-electron chi connectivity index (χ3n) is 1.61. The lowest BCUT2D eigenvalue weighted by molar-refractivity contribution is 0.365. The van der Waals surface area contributed by atoms with E-state index in [9.17, 15) is 4.57 Å². The fourth-order valence-corrected chi connectivity index (χ4v) is 1.29. The Morgan fingerprint density at radius 2 is 1.91 bits per heavy atom. The molecular weight excluding hydrogens is 165 g/mol. The summed E-state index contributed by atoms with van der Waals surface area (Å²) in [5, 5.41) is 0. The minimum atomic E-state index is -3.84. The van der Waals surface area contributed by atoms with Gasteiger partial charge in [0.05, 0.1) is 6.16 Å². The van der Waals surface area contributed by atoms with E-state index in [1.165, 1.54) is 0 Å². The van der Waals surface area contributed by atoms with Gasteiger partial charge in [0.1, 0.15) is 0 Å². The van der Waals surface area contributed by atoms with Crippen molar-refractivity contribution in [2.24, 2.45) is 11.7 Å². The summed E-state index contributed by atoms with van der Waals surface area (Å²) in [6, 6.07) is -0.109. The van der Waals surface area contributed by atoms with E-state index in [0.29, 0.717) is 6.42 Å². The fourth-order valence-electron chi connectivity index (χ4n) is 0.651. The van der Waals surface area contributed by atoms with E-state index in [2.05, 4.69) is 0 Å². The van der Waals surface area contributed by atoms with Crippen molar-refractivity contribution in [3.63, 3.8) is 0 Å². The van der Waals surface area contributed by atoms with Gasteiger partial charge in [-0.3, -0.25) is 4.57 Å². The van der Waals surface area contributed by atoms with Crippen LogP contribution in [0.4, 0.5) is 0 Å². The summed E-state index contributed by atoms with van der Waals surface area (Å²) in [7, 11) is -3.84. The molecule has 0 aromatic heterocycles. The molecule has 0 bridgehead atoms. The molecule has 0 rings (SSSR count). The van der Waals surface area contributed by atoms with Gasteiger partial charge in [-0.1, -0.05) is 13.8 Å². The zero-order valence-corrected chi connectivity index (χ0v) is 7.79. The standard InChI is InChI=1S/C6H16NO3P/c1-5(2)6(7)3-4-11(8,9)10/h5-6H,3-4,7H2,1-2H3,(H2,8,9,10). The highest BCUT2D eigenvalue weighted by Gasteiger charge is 2.16. The Kier molecular flexibility index (Phi) is 4.26. The van der Waals surface area contributed by atoms with Crippen LogP contribution in [0.2, 0.25) is 0 Å². The lowest BCUT2D eigenvalue weighted by Gasteiger charge is -2.15. The summed E-state index contributed by atoms with van der Waals surface area (Å²) >= 11 is 0. The van der Waals surface area contributed by atoms with Gasteiger partial charge in [-0.15, -0.1) is 0 Å². The Morgan fingerprint density at radius 1 is 1.45 bits per heavy atom. The molecule has 0 aromatic carbocycles. The molecule has 0 amide bonds. The molecule has 0 fully saturated rings. The summed E-state index contributed by atoms with van der Waals surface area (Å²) in [6.07, 6.45) is 0.286. The molecule has 0 radical (unpaired) electrons. The van der Waals surface area contributed by atoms with Crippen LogP contribution in [0.1, 0.15) is 20.3 Å². The molecule has 0 aliphatic carbocycles. The third kappa shape index (κ3) is 6.51. The zero-order valence-electron chi connectivity index (χ0n) is 6.90. The van der Waals surface area contributed by atoms with Crippen LogP contribution in [0.5, 0.6) is 0 Å². The maximum absolute atomic E-state index is 10.4. The summed E-state index contributed by atoms with van der Waals surface area (Å²) in [6.45, 7) is 3.87. The summed E-state index contributed by atoms with van der Waals surface area (Å²) < 4.78 is 10.4. The first-order valence-corrected chi connectivity index (χ1v) is 5.43. The minimum absolute atomic E-state index is 0.105. The second kappa shape index (κ2) is 4.21. The predicted octanol–water partition coefficient (Wildman–Crippen LogP) is 0.537. The van der Waals surface area contributed by atoms with E-state index in [1.807, 2.05) is 13.8 Å². The van der Waals surface area contributed by atoms with Crippen molar-refractivity contribution in [1.82, 2.24) is 0 Å². The lowest BCUT2D eigenvalue weighted by Crippen LogP contribution is -2.27. The first-order valence-electron chi connectivity index (χ1n) is 3.63. The quantitative estimate of drug-likeness (QED) is 0.552. The summed E-state index contributed by atoms with van der Waals surface area (Å²) in [4.78, 5) is 17.0. The molecule has 0 saturated carbocycles. The molecular formula is C6H16NO3P. The van der Waals surface area contributed by atoms with E-state index in [-0.39, 0.29) is 18.1 Å². The minimum Gasteiger partial charge on any atom is -0.327 e. The molecule has 0 aliphatic heterocycles. The van der Waals surface area contributed by atoms with E-state index >= 15 is 0 Å². The van der Waals surface area contributed by atoms with Crippen LogP contribution < -0.4 is 5.73 Å². The van der Waals surface area contributed by atoms with E-state index in [4.69, 9.17) is 15.5 Å². The van der Waals surface area contributed by atoms with Crippen LogP contribution in [0.15, 0.2) is 0 Å². The van der Waals surface area contributed by atoms with Gasteiger partial charge < -0.3 is 15.5 Å². The van der Waals surface area contributed by atoms with Crippen LogP contribution in [-0.4, -0.2) is 22.0 Å². The van der Waals surface area contributed by atoms with Crippen molar-refractivity contribution in [2.75, 3.05) is 6.16 Å². The van der Waals surface area contributed by atoms with Crippen LogP contribution in [0.25, 0.3) is 0 Å². The number of nitrogens with two attached hydrogens (primary N) is 1. The fraction of sp³-hybridized carbons (Fsp3) is 1.00. The Bertz CT molecular complexity index is 154. The average molecular weight is 181 g/mol. The largest absolute Gasteiger partial charge is 0.327 e. The molecule has 1 unspecified atom stereocenters. The van der Waals surface area contributed by atoms with Crippen molar-refractivity contribution in [3.05, 3.63) is 0 Å². The van der Waals surface area contributed by atoms with Gasteiger partial charge in [-0.2, -0.15) is 0 Å². The van der Waals surface area contributed by atoms with Gasteiger partial charge in [-0.05, 0) is 12.3 Å². The van der Waals surface area contributed by atoms with Crippen molar-refractivity contribution in [1.29, 1.82) is 0 Å². The first kappa shape index (κ1) is 11.1. The van der Waals surface area contributed by atoms with Crippen LogP contribution >= 0.6 is 7.60 Å². The van der Waals surface area contributed by atoms with Gasteiger partial charge in [0.2, 0.25) is 0 Å². The van der Waals surface area contributed by atoms with Crippen LogP contribution in [0.3, 0.4) is 0 Å². The number of hydrogen-bond acceptors (Lipinski definition) is 2. The highest BCUT2D eigenvalue weighted by Crippen LogP contribution is 2.35. The number of hydrogen-bond donors (Lipinski definition) is 3. The van der Waals surface area contributed by atoms with Gasteiger partial charge in [0, 0.05) is 6.04 Å². The van der Waals surface area contributed by atoms with Crippen molar-refractivity contribution in [2.45, 2.75) is 26.3 Å². The molecule has 0 heterocycles. The summed E-state index contributed by atoms with van der Waals surface area (Å²) in [5.74, 6) is 0.279. The molecule has 0 spiro atoms. The van der Waals surface area contributed by atoms with E-state index in [1.54, 1.807) is 0 Å². The molecule has 11 heavy (non-hydrogen) atoms. The van der Waals surface area contributed by atoms with Gasteiger partial charge in [0.15, 0.2) is 0 Å². The van der Waals surface area contributed by atoms with E-state index < -0.39 is 7.60 Å². The number of rotatable bonds is 4. The average Bonchev–Trinajstić information content (AvgIpc) is 1.80. The molecule has 0 aliphatic rings. The molecule has 68 valence electrons. The van der Waals surface area contributed by atoms with Gasteiger partial charge in [0.25, 0.3) is 0 Å². The second-order valence-electron chi connectivity index (χ2n) is 3.08. The van der Waals surface area contributed by atoms with Crippen LogP contribution in [0, 0.1) is 5.92 Å². The van der Waals surface area contributed by atoms with Crippen molar-refractivity contribution in [3.8, 4) is 0 Å². The Hall–Kier alpha value is 0.110. The Labute approximate surface area is 67.0 Å². The maximum Gasteiger partial charge on any atom is 0.325 e. The van der Waals surface area contributed by atoms with E-state index in [0.717, 1.165) is 0 Å².